The van der Waals surface area contributed by atoms with Crippen LogP contribution in [0.4, 0.5) is 5.82 Å². The highest BCUT2D eigenvalue weighted by Crippen LogP contribution is 2.29. The van der Waals surface area contributed by atoms with Crippen LogP contribution in [0.2, 0.25) is 0 Å². The van der Waals surface area contributed by atoms with E-state index < -0.39 is 0 Å². The van der Waals surface area contributed by atoms with Crippen LogP contribution < -0.4 is 9.64 Å². The molecule has 0 aliphatic carbocycles. The Bertz CT molecular complexity index is 1210. The van der Waals surface area contributed by atoms with Gasteiger partial charge in [0, 0.05) is 51.0 Å². The standard InChI is InChI=1S/C30H34N4O2/c35-30(26-8-5-14-33(21-26)29-9-3-4-13-31-29)34-16-17-36-28-11-10-23(18-27(28)22-34)19-32-15-12-24-6-1-2-7-25(24)20-32/h1-4,6-7,9-11,13,18,26H,5,8,12,14-17,19-22H2. The number of aromatic nitrogens is 1. The summed E-state index contributed by atoms with van der Waals surface area (Å²) >= 11 is 0. The van der Waals surface area contributed by atoms with E-state index in [9.17, 15) is 4.79 Å². The molecule has 6 heteroatoms. The van der Waals surface area contributed by atoms with Crippen molar-refractivity contribution in [3.8, 4) is 5.75 Å². The predicted molar refractivity (Wildman–Crippen MR) is 141 cm³/mol. The minimum atomic E-state index is -0.00101. The second kappa shape index (κ2) is 10.3. The summed E-state index contributed by atoms with van der Waals surface area (Å²) in [6, 6.07) is 21.3. The zero-order valence-electron chi connectivity index (χ0n) is 20.8. The number of carbonyl (C=O) groups is 1. The van der Waals surface area contributed by atoms with Gasteiger partial charge < -0.3 is 14.5 Å². The van der Waals surface area contributed by atoms with Gasteiger partial charge in [0.1, 0.15) is 18.2 Å². The van der Waals surface area contributed by atoms with Gasteiger partial charge in [-0.25, -0.2) is 4.98 Å². The van der Waals surface area contributed by atoms with Crippen molar-refractivity contribution in [1.29, 1.82) is 0 Å². The fourth-order valence-corrected chi connectivity index (χ4v) is 5.87. The number of carbonyl (C=O) groups excluding carboxylic acids is 1. The number of benzene rings is 2. The lowest BCUT2D eigenvalue weighted by Gasteiger charge is -2.35. The van der Waals surface area contributed by atoms with E-state index in [1.165, 1.54) is 16.7 Å². The topological polar surface area (TPSA) is 48.9 Å². The van der Waals surface area contributed by atoms with Gasteiger partial charge in [-0.2, -0.15) is 0 Å². The lowest BCUT2D eigenvalue weighted by molar-refractivity contribution is -0.136. The smallest absolute Gasteiger partial charge is 0.227 e. The third-order valence-electron chi connectivity index (χ3n) is 7.78. The molecule has 0 bridgehead atoms. The molecule has 1 atom stereocenters. The molecule has 6 nitrogen and oxygen atoms in total. The number of hydrogen-bond acceptors (Lipinski definition) is 5. The summed E-state index contributed by atoms with van der Waals surface area (Å²) in [6.07, 6.45) is 4.87. The first kappa shape index (κ1) is 23.0. The molecule has 3 aromatic rings. The lowest BCUT2D eigenvalue weighted by Crippen LogP contribution is -2.45. The van der Waals surface area contributed by atoms with Crippen LogP contribution in [-0.4, -0.2) is 53.5 Å². The summed E-state index contributed by atoms with van der Waals surface area (Å²) in [5.74, 6) is 2.12. The van der Waals surface area contributed by atoms with Gasteiger partial charge in [-0.15, -0.1) is 0 Å². The Balaban J connectivity index is 1.13. The van der Waals surface area contributed by atoms with Crippen LogP contribution in [0.1, 0.15) is 35.1 Å². The van der Waals surface area contributed by atoms with Gasteiger partial charge in [0.15, 0.2) is 0 Å². The molecule has 1 amide bonds. The molecule has 186 valence electrons. The third-order valence-corrected chi connectivity index (χ3v) is 7.78. The molecule has 1 unspecified atom stereocenters. The van der Waals surface area contributed by atoms with E-state index >= 15 is 0 Å². The van der Waals surface area contributed by atoms with E-state index in [4.69, 9.17) is 4.74 Å². The van der Waals surface area contributed by atoms with Gasteiger partial charge in [0.05, 0.1) is 12.5 Å². The summed E-state index contributed by atoms with van der Waals surface area (Å²) in [5.41, 5.74) is 5.31. The minimum Gasteiger partial charge on any atom is -0.491 e. The molecule has 0 saturated carbocycles. The molecular formula is C30H34N4O2. The molecule has 2 aromatic carbocycles. The quantitative estimate of drug-likeness (QED) is 0.556. The normalized spacial score (nSPS) is 20.2. The number of ether oxygens (including phenoxy) is 1. The van der Waals surface area contributed by atoms with Gasteiger partial charge in [-0.3, -0.25) is 9.69 Å². The summed E-state index contributed by atoms with van der Waals surface area (Å²) < 4.78 is 6.07. The number of piperidine rings is 1. The first-order valence-electron chi connectivity index (χ1n) is 13.2. The van der Waals surface area contributed by atoms with E-state index in [0.717, 1.165) is 69.1 Å². The van der Waals surface area contributed by atoms with Crippen molar-refractivity contribution in [2.75, 3.05) is 37.7 Å². The Morgan fingerprint density at radius 2 is 1.83 bits per heavy atom. The highest BCUT2D eigenvalue weighted by Gasteiger charge is 2.31. The number of hydrogen-bond donors (Lipinski definition) is 0. The van der Waals surface area contributed by atoms with Crippen molar-refractivity contribution >= 4 is 11.7 Å². The maximum atomic E-state index is 13.6. The molecule has 36 heavy (non-hydrogen) atoms. The second-order valence-corrected chi connectivity index (χ2v) is 10.3. The van der Waals surface area contributed by atoms with Gasteiger partial charge in [0.2, 0.25) is 5.91 Å². The van der Waals surface area contributed by atoms with Crippen LogP contribution in [-0.2, 0) is 30.8 Å². The Hall–Kier alpha value is -3.38. The molecule has 1 aromatic heterocycles. The molecule has 4 heterocycles. The monoisotopic (exact) mass is 482 g/mol. The molecular weight excluding hydrogens is 448 g/mol. The van der Waals surface area contributed by atoms with E-state index in [0.29, 0.717) is 19.7 Å². The summed E-state index contributed by atoms with van der Waals surface area (Å²) in [4.78, 5) is 24.9. The molecule has 1 fully saturated rings. The maximum absolute atomic E-state index is 13.6. The minimum absolute atomic E-state index is 0.00101. The van der Waals surface area contributed by atoms with Crippen LogP contribution in [0.25, 0.3) is 0 Å². The molecule has 6 rings (SSSR count). The van der Waals surface area contributed by atoms with Crippen molar-refractivity contribution < 1.29 is 9.53 Å². The number of pyridine rings is 1. The second-order valence-electron chi connectivity index (χ2n) is 10.3. The first-order valence-corrected chi connectivity index (χ1v) is 13.2. The number of anilines is 1. The molecule has 0 N–H and O–H groups in total. The Kier molecular flexibility index (Phi) is 6.60. The van der Waals surface area contributed by atoms with Gasteiger partial charge >= 0.3 is 0 Å². The third kappa shape index (κ3) is 4.96. The van der Waals surface area contributed by atoms with Crippen molar-refractivity contribution in [1.82, 2.24) is 14.8 Å². The molecule has 3 aliphatic heterocycles. The number of nitrogens with zero attached hydrogens (tertiary/aromatic N) is 4. The summed E-state index contributed by atoms with van der Waals surface area (Å²) in [6.45, 7) is 6.45. The van der Waals surface area contributed by atoms with E-state index in [-0.39, 0.29) is 11.8 Å². The highest BCUT2D eigenvalue weighted by molar-refractivity contribution is 5.80. The van der Waals surface area contributed by atoms with Gasteiger partial charge in [-0.05, 0) is 60.2 Å². The van der Waals surface area contributed by atoms with E-state index in [1.807, 2.05) is 29.3 Å². The Morgan fingerprint density at radius 3 is 2.72 bits per heavy atom. The first-order chi connectivity index (χ1) is 17.7. The van der Waals surface area contributed by atoms with Crippen LogP contribution >= 0.6 is 0 Å². The zero-order chi connectivity index (χ0) is 24.3. The number of rotatable bonds is 4. The highest BCUT2D eigenvalue weighted by atomic mass is 16.5. The molecule has 0 spiro atoms. The largest absolute Gasteiger partial charge is 0.491 e. The molecule has 0 radical (unpaired) electrons. The Morgan fingerprint density at radius 1 is 0.944 bits per heavy atom. The average Bonchev–Trinajstić information content (AvgIpc) is 3.15. The van der Waals surface area contributed by atoms with Gasteiger partial charge in [-0.1, -0.05) is 36.4 Å². The average molecular weight is 483 g/mol. The fourth-order valence-electron chi connectivity index (χ4n) is 5.87. The van der Waals surface area contributed by atoms with E-state index in [1.54, 1.807) is 0 Å². The number of fused-ring (bicyclic) bond motifs is 2. The van der Waals surface area contributed by atoms with Crippen LogP contribution in [0.15, 0.2) is 66.9 Å². The Labute approximate surface area is 213 Å². The van der Waals surface area contributed by atoms with Crippen LogP contribution in [0.5, 0.6) is 5.75 Å². The van der Waals surface area contributed by atoms with E-state index in [2.05, 4.69) is 57.2 Å². The van der Waals surface area contributed by atoms with Crippen molar-refractivity contribution in [3.63, 3.8) is 0 Å². The zero-order valence-corrected chi connectivity index (χ0v) is 20.8. The van der Waals surface area contributed by atoms with Crippen LogP contribution in [0, 0.1) is 5.92 Å². The lowest BCUT2D eigenvalue weighted by atomic mass is 9.96. The van der Waals surface area contributed by atoms with Crippen molar-refractivity contribution in [2.45, 2.75) is 38.9 Å². The summed E-state index contributed by atoms with van der Waals surface area (Å²) in [7, 11) is 0. The van der Waals surface area contributed by atoms with Crippen molar-refractivity contribution in [3.05, 3.63) is 89.1 Å². The SMILES string of the molecule is O=C(C1CCCN(c2ccccn2)C1)N1CCOc2ccc(CN3CCc4ccccc4C3)cc2C1. The maximum Gasteiger partial charge on any atom is 0.227 e. The molecule has 3 aliphatic rings. The van der Waals surface area contributed by atoms with Crippen molar-refractivity contribution in [2.24, 2.45) is 5.92 Å². The fraction of sp³-hybridized carbons (Fsp3) is 0.400. The molecule has 1 saturated heterocycles. The summed E-state index contributed by atoms with van der Waals surface area (Å²) in [5, 5.41) is 0. The van der Waals surface area contributed by atoms with Crippen LogP contribution in [0.3, 0.4) is 0 Å². The number of amides is 1. The predicted octanol–water partition coefficient (Wildman–Crippen LogP) is 4.28. The van der Waals surface area contributed by atoms with Gasteiger partial charge in [0.25, 0.3) is 0 Å².